The Morgan fingerprint density at radius 1 is 0.814 bits per heavy atom. The van der Waals surface area contributed by atoms with E-state index >= 15 is 4.39 Å². The van der Waals surface area contributed by atoms with Crippen LogP contribution in [0.3, 0.4) is 0 Å². The van der Waals surface area contributed by atoms with Crippen LogP contribution in [0.25, 0.3) is 33.3 Å². The van der Waals surface area contributed by atoms with Crippen LogP contribution in [-0.4, -0.2) is 82.0 Å². The summed E-state index contributed by atoms with van der Waals surface area (Å²) in [4.78, 5) is 62.5. The topological polar surface area (TPSA) is 120 Å². The average Bonchev–Trinajstić information content (AvgIpc) is 4.09. The Morgan fingerprint density at radius 3 is 2.11 bits per heavy atom. The highest BCUT2D eigenvalue weighted by Gasteiger charge is 2.56. The molecule has 70 heavy (non-hydrogen) atoms. The van der Waals surface area contributed by atoms with Gasteiger partial charge in [0.15, 0.2) is 0 Å². The number of esters is 2. The fourth-order valence-electron chi connectivity index (χ4n) is 11.6. The van der Waals surface area contributed by atoms with Crippen molar-refractivity contribution in [2.75, 3.05) is 20.8 Å². The Labute approximate surface area is 421 Å². The lowest BCUT2D eigenvalue weighted by molar-refractivity contribution is -0.148. The van der Waals surface area contributed by atoms with Gasteiger partial charge in [-0.3, -0.25) is 23.7 Å². The van der Waals surface area contributed by atoms with Gasteiger partial charge in [0, 0.05) is 30.1 Å². The number of rotatable bonds is 14. The molecule has 0 bridgehead atoms. The first-order valence-electron chi connectivity index (χ1n) is 24.8. The number of nitrogens with zero attached hydrogens (tertiary/aromatic N) is 4. The summed E-state index contributed by atoms with van der Waals surface area (Å²) in [6, 6.07) is 12.2. The number of benzene rings is 2. The van der Waals surface area contributed by atoms with Gasteiger partial charge in [0.2, 0.25) is 18.0 Å². The molecule has 0 radical (unpaired) electrons. The van der Waals surface area contributed by atoms with Crippen LogP contribution in [0.2, 0.25) is 0 Å². The number of hydrogen-bond donors (Lipinski definition) is 0. The molecule has 3 aliphatic heterocycles. The normalized spacial score (nSPS) is 23.0. The number of hydrogen-bond acceptors (Lipinski definition) is 9. The number of aromatic nitrogens is 2. The minimum absolute atomic E-state index is 0. The van der Waals surface area contributed by atoms with E-state index in [1.54, 1.807) is 17.4 Å². The van der Waals surface area contributed by atoms with Gasteiger partial charge in [0.05, 0.1) is 77.6 Å². The third-order valence-corrected chi connectivity index (χ3v) is 17.0. The van der Waals surface area contributed by atoms with Crippen LogP contribution in [0, 0.1) is 35.4 Å². The number of thiazole rings is 1. The number of likely N-dealkylation sites (tertiary alicyclic amines) is 2. The van der Waals surface area contributed by atoms with Crippen LogP contribution in [0.1, 0.15) is 126 Å². The number of amides is 2. The summed E-state index contributed by atoms with van der Waals surface area (Å²) >= 11 is 1.61. The summed E-state index contributed by atoms with van der Waals surface area (Å²) in [6.07, 6.45) is 14.9. The van der Waals surface area contributed by atoms with Crippen molar-refractivity contribution in [3.05, 3.63) is 105 Å². The van der Waals surface area contributed by atoms with Crippen LogP contribution in [0.4, 0.5) is 4.39 Å². The number of methoxy groups -OCH3 is 2. The lowest BCUT2D eigenvalue weighted by atomic mass is 9.89. The van der Waals surface area contributed by atoms with E-state index in [9.17, 15) is 19.2 Å². The van der Waals surface area contributed by atoms with Gasteiger partial charge in [0.25, 0.3) is 0 Å². The van der Waals surface area contributed by atoms with Crippen LogP contribution in [0.15, 0.2) is 78.0 Å². The van der Waals surface area contributed by atoms with Crippen molar-refractivity contribution in [2.24, 2.45) is 29.6 Å². The molecule has 4 aromatic rings. The summed E-state index contributed by atoms with van der Waals surface area (Å²) in [5.74, 6) is -0.785. The van der Waals surface area contributed by atoms with E-state index in [4.69, 9.17) is 19.2 Å². The number of carbonyl (C=O) groups excluding carboxylic acids is 4. The summed E-state index contributed by atoms with van der Waals surface area (Å²) in [5, 5.41) is 1.96. The highest BCUT2D eigenvalue weighted by Crippen LogP contribution is 2.53. The van der Waals surface area contributed by atoms with Crippen molar-refractivity contribution in [3.8, 4) is 17.0 Å². The van der Waals surface area contributed by atoms with E-state index in [0.29, 0.717) is 30.2 Å². The molecule has 10 rings (SSSR count). The zero-order valence-electron chi connectivity index (χ0n) is 41.4. The number of allylic oxidation sites excluding steroid dienone is 6. The third kappa shape index (κ3) is 8.96. The Morgan fingerprint density at radius 2 is 1.47 bits per heavy atom. The molecule has 2 saturated heterocycles. The highest BCUT2D eigenvalue weighted by molar-refractivity contribution is 7.59. The Balaban J connectivity index is 0.00000608. The van der Waals surface area contributed by atoms with Gasteiger partial charge in [-0.05, 0) is 120 Å². The molecule has 6 aliphatic rings. The van der Waals surface area contributed by atoms with Crippen molar-refractivity contribution in [1.82, 2.24) is 19.4 Å². The first-order chi connectivity index (χ1) is 33.1. The highest BCUT2D eigenvalue weighted by atomic mass is 32.1. The fourth-order valence-corrected chi connectivity index (χ4v) is 12.6. The summed E-state index contributed by atoms with van der Waals surface area (Å²) in [7, 11) is 2.73. The minimum atomic E-state index is -0.580. The summed E-state index contributed by atoms with van der Waals surface area (Å²) < 4.78 is 36.0. The smallest absolute Gasteiger partial charge is 0.306 e. The Hall–Kier alpha value is -5.47. The second-order valence-electron chi connectivity index (χ2n) is 21.0. The Bertz CT molecular complexity index is 2890. The van der Waals surface area contributed by atoms with E-state index in [0.717, 1.165) is 86.4 Å². The molecule has 7 atom stereocenters. The van der Waals surface area contributed by atoms with E-state index in [1.807, 2.05) is 50.9 Å². The van der Waals surface area contributed by atoms with Gasteiger partial charge < -0.3 is 24.0 Å². The van der Waals surface area contributed by atoms with E-state index in [1.165, 1.54) is 19.8 Å². The number of piperidine rings is 1. The van der Waals surface area contributed by atoms with Gasteiger partial charge in [-0.1, -0.05) is 71.9 Å². The molecule has 370 valence electrons. The SMILES string of the molecule is COC(=O)C[C@H](C(=O)N1CCC[C@H]1C1=CC=C(c2cc(F)c3c(c2)OC(c2cnc(C(C)C)s2)n2c-3cc3cc(C4=CC=C([C@@H]5C[C@H]6C[C@H]6N5C(=O)[C@@H](CC(=O)OC)C(C)C)C4)ccc32)C1)C(C)C.S. The second-order valence-corrected chi connectivity index (χ2v) is 22.1. The van der Waals surface area contributed by atoms with Crippen LogP contribution < -0.4 is 4.74 Å². The lowest BCUT2D eigenvalue weighted by Crippen LogP contribution is -2.44. The van der Waals surface area contributed by atoms with Crippen molar-refractivity contribution >= 4 is 70.6 Å². The molecule has 11 nitrogen and oxygen atoms in total. The molecule has 2 aromatic heterocycles. The van der Waals surface area contributed by atoms with Gasteiger partial charge in [0.1, 0.15) is 11.6 Å². The first kappa shape index (κ1) is 49.5. The molecule has 2 aromatic carbocycles. The molecule has 1 saturated carbocycles. The number of carbonyl (C=O) groups is 4. The molecular formula is C56H65FN4O7S2. The lowest BCUT2D eigenvalue weighted by Gasteiger charge is -2.33. The summed E-state index contributed by atoms with van der Waals surface area (Å²) in [5.41, 5.74) is 8.31. The average molecular weight is 989 g/mol. The maximum absolute atomic E-state index is 17.0. The predicted molar refractivity (Wildman–Crippen MR) is 276 cm³/mol. The molecule has 3 fully saturated rings. The van der Waals surface area contributed by atoms with Gasteiger partial charge in [-0.25, -0.2) is 9.37 Å². The standard InChI is InChI=1S/C56H63FN4O7S.H2S/c1-29(2)40(26-50(62)66-7)54(64)59-17-9-10-43(59)35-13-12-34(19-35)37-21-42(57)52-47-24-38-20-33(15-16-44(38)61(47)56(68-48(52)25-37)49-28-58-53(69-49)31(5)6)32-11-14-36(18-32)45-22-39-23-46(39)60(45)55(65)41(30(3)4)27-51(63)67-8;/h11-16,20-21,24-25,28-31,39-41,43,45-46,56H,9-10,17-19,22-23,26-27H2,1-8H3;1H2/t39-,40-,41-,43-,45-,46+,56?;/m0./s1. The van der Waals surface area contributed by atoms with Crippen LogP contribution in [0.5, 0.6) is 5.75 Å². The van der Waals surface area contributed by atoms with Gasteiger partial charge >= 0.3 is 11.9 Å². The van der Waals surface area contributed by atoms with Crippen LogP contribution in [-0.2, 0) is 28.7 Å². The molecule has 1 unspecified atom stereocenters. The maximum atomic E-state index is 17.0. The summed E-state index contributed by atoms with van der Waals surface area (Å²) in [6.45, 7) is 12.8. The van der Waals surface area contributed by atoms with Crippen molar-refractivity contribution < 1.29 is 37.8 Å². The number of fused-ring (bicyclic) bond motifs is 6. The predicted octanol–water partition coefficient (Wildman–Crippen LogP) is 11.2. The van der Waals surface area contributed by atoms with Gasteiger partial charge in [-0.15, -0.1) is 11.3 Å². The monoisotopic (exact) mass is 988 g/mol. The second kappa shape index (κ2) is 19.6. The fraction of sp³-hybridized carbons (Fsp3) is 0.482. The molecule has 2 amide bonds. The third-order valence-electron chi connectivity index (χ3n) is 15.7. The molecule has 14 heteroatoms. The van der Waals surface area contributed by atoms with Crippen molar-refractivity contribution in [3.63, 3.8) is 0 Å². The number of halogens is 1. The van der Waals surface area contributed by atoms with Crippen molar-refractivity contribution in [1.29, 1.82) is 0 Å². The van der Waals surface area contributed by atoms with E-state index < -0.39 is 18.1 Å². The van der Waals surface area contributed by atoms with Crippen LogP contribution >= 0.6 is 24.8 Å². The van der Waals surface area contributed by atoms with E-state index in [-0.39, 0.29) is 91.8 Å². The molecule has 0 N–H and O–H groups in total. The van der Waals surface area contributed by atoms with Gasteiger partial charge in [-0.2, -0.15) is 13.5 Å². The molecular weight excluding hydrogens is 924 g/mol. The van der Waals surface area contributed by atoms with E-state index in [2.05, 4.69) is 65.8 Å². The molecule has 5 heterocycles. The minimum Gasteiger partial charge on any atom is -0.469 e. The quantitative estimate of drug-likeness (QED) is 0.115. The molecule has 3 aliphatic carbocycles. The van der Waals surface area contributed by atoms with Crippen molar-refractivity contribution in [2.45, 2.75) is 123 Å². The largest absolute Gasteiger partial charge is 0.469 e. The number of ether oxygens (including phenoxy) is 3. The maximum Gasteiger partial charge on any atom is 0.306 e. The zero-order chi connectivity index (χ0) is 48.6. The zero-order valence-corrected chi connectivity index (χ0v) is 43.2. The first-order valence-corrected chi connectivity index (χ1v) is 25.6. The Kier molecular flexibility index (Phi) is 13.9. The molecule has 0 spiro atoms.